The molecule has 0 spiro atoms. The van der Waals surface area contributed by atoms with E-state index in [1.807, 2.05) is 0 Å². The van der Waals surface area contributed by atoms with Gasteiger partial charge in [0.2, 0.25) is 6.79 Å². The van der Waals surface area contributed by atoms with Gasteiger partial charge in [-0.25, -0.2) is 0 Å². The van der Waals surface area contributed by atoms with E-state index in [2.05, 4.69) is 15.9 Å². The molecule has 0 aliphatic carbocycles. The van der Waals surface area contributed by atoms with E-state index in [9.17, 15) is 10.1 Å². The Labute approximate surface area is 81.5 Å². The third-order valence-electron chi connectivity index (χ3n) is 1.64. The Hall–Kier alpha value is -1.30. The van der Waals surface area contributed by atoms with E-state index in [0.717, 1.165) is 0 Å². The number of nitrogens with zero attached hydrogens (tertiary/aromatic N) is 1. The minimum Gasteiger partial charge on any atom is -0.454 e. The van der Waals surface area contributed by atoms with E-state index >= 15 is 0 Å². The normalized spacial score (nSPS) is 13.0. The molecule has 0 saturated carbocycles. The molecule has 0 unspecified atom stereocenters. The zero-order valence-electron chi connectivity index (χ0n) is 6.32. The lowest BCUT2D eigenvalue weighted by Crippen LogP contribution is -1.93. The van der Waals surface area contributed by atoms with E-state index in [4.69, 9.17) is 9.47 Å². The van der Waals surface area contributed by atoms with Crippen molar-refractivity contribution in [2.75, 3.05) is 6.79 Å². The predicted octanol–water partition coefficient (Wildman–Crippen LogP) is 2.09. The number of ether oxygens (including phenoxy) is 2. The highest BCUT2D eigenvalue weighted by Crippen LogP contribution is 2.39. The highest BCUT2D eigenvalue weighted by atomic mass is 79.9. The van der Waals surface area contributed by atoms with Gasteiger partial charge >= 0.3 is 0 Å². The summed E-state index contributed by atoms with van der Waals surface area (Å²) in [5.74, 6) is 0.937. The average molecular weight is 246 g/mol. The zero-order valence-corrected chi connectivity index (χ0v) is 7.91. The summed E-state index contributed by atoms with van der Waals surface area (Å²) in [6.45, 7) is 0.114. The first-order valence-electron chi connectivity index (χ1n) is 3.42. The molecule has 0 aromatic heterocycles. The molecule has 0 saturated heterocycles. The van der Waals surface area contributed by atoms with Crippen molar-refractivity contribution in [3.63, 3.8) is 0 Å². The second kappa shape index (κ2) is 2.88. The molecule has 0 radical (unpaired) electrons. The van der Waals surface area contributed by atoms with Crippen molar-refractivity contribution in [1.29, 1.82) is 0 Å². The van der Waals surface area contributed by atoms with Crippen LogP contribution in [0.15, 0.2) is 16.6 Å². The summed E-state index contributed by atoms with van der Waals surface area (Å²) in [5, 5.41) is 10.5. The molecule has 1 aromatic carbocycles. The lowest BCUT2D eigenvalue weighted by molar-refractivity contribution is -0.385. The highest BCUT2D eigenvalue weighted by molar-refractivity contribution is 9.10. The molecule has 5 nitrogen and oxygen atoms in total. The summed E-state index contributed by atoms with van der Waals surface area (Å²) in [4.78, 5) is 10.0. The Balaban J connectivity index is 2.55. The summed E-state index contributed by atoms with van der Waals surface area (Å²) in [6, 6.07) is 2.87. The first kappa shape index (κ1) is 8.31. The number of nitro groups is 1. The Kier molecular flexibility index (Phi) is 1.84. The van der Waals surface area contributed by atoms with Crippen molar-refractivity contribution in [3.05, 3.63) is 26.7 Å². The number of hydrogen-bond donors (Lipinski definition) is 0. The van der Waals surface area contributed by atoms with Crippen molar-refractivity contribution >= 4 is 21.6 Å². The maximum Gasteiger partial charge on any atom is 0.287 e. The fourth-order valence-corrected chi connectivity index (χ4v) is 1.51. The minimum absolute atomic E-state index is 0.0238. The second-order valence-corrected chi connectivity index (χ2v) is 3.27. The average Bonchev–Trinajstić information content (AvgIpc) is 2.48. The van der Waals surface area contributed by atoms with Gasteiger partial charge in [-0.1, -0.05) is 0 Å². The monoisotopic (exact) mass is 245 g/mol. The second-order valence-electron chi connectivity index (χ2n) is 2.41. The molecule has 0 N–H and O–H groups in total. The Morgan fingerprint density at radius 1 is 1.38 bits per heavy atom. The number of rotatable bonds is 1. The van der Waals surface area contributed by atoms with Gasteiger partial charge in [-0.05, 0) is 15.9 Å². The molecule has 68 valence electrons. The minimum atomic E-state index is -0.480. The van der Waals surface area contributed by atoms with Crippen LogP contribution in [0.2, 0.25) is 0 Å². The van der Waals surface area contributed by atoms with Crippen LogP contribution in [0.25, 0.3) is 0 Å². The van der Waals surface area contributed by atoms with E-state index < -0.39 is 4.92 Å². The quantitative estimate of drug-likeness (QED) is 0.562. The van der Waals surface area contributed by atoms with E-state index in [1.165, 1.54) is 12.1 Å². The summed E-state index contributed by atoms with van der Waals surface area (Å²) in [7, 11) is 0. The van der Waals surface area contributed by atoms with Gasteiger partial charge in [0.25, 0.3) is 5.69 Å². The number of nitro benzene ring substituents is 1. The third kappa shape index (κ3) is 1.33. The van der Waals surface area contributed by atoms with Crippen molar-refractivity contribution < 1.29 is 14.4 Å². The van der Waals surface area contributed by atoms with Crippen LogP contribution in [0.5, 0.6) is 11.5 Å². The molecule has 0 atom stereocenters. The van der Waals surface area contributed by atoms with Crippen LogP contribution in [0.3, 0.4) is 0 Å². The Morgan fingerprint density at radius 2 is 2.00 bits per heavy atom. The summed E-state index contributed by atoms with van der Waals surface area (Å²) >= 11 is 3.07. The maximum absolute atomic E-state index is 10.5. The number of benzene rings is 1. The van der Waals surface area contributed by atoms with Gasteiger partial charge in [0.1, 0.15) is 0 Å². The largest absolute Gasteiger partial charge is 0.454 e. The fraction of sp³-hybridized carbons (Fsp3) is 0.143. The van der Waals surface area contributed by atoms with Crippen LogP contribution in [0.4, 0.5) is 5.69 Å². The molecule has 0 amide bonds. The van der Waals surface area contributed by atoms with E-state index in [-0.39, 0.29) is 12.5 Å². The van der Waals surface area contributed by atoms with Gasteiger partial charge in [-0.3, -0.25) is 10.1 Å². The molecule has 0 fully saturated rings. The SMILES string of the molecule is O=[N+]([O-])c1cc2c(cc1Br)OCO2. The van der Waals surface area contributed by atoms with Gasteiger partial charge in [-0.15, -0.1) is 0 Å². The zero-order chi connectivity index (χ0) is 9.42. The predicted molar refractivity (Wildman–Crippen MR) is 46.9 cm³/mol. The molecule has 1 heterocycles. The number of fused-ring (bicyclic) bond motifs is 1. The summed E-state index contributed by atoms with van der Waals surface area (Å²) < 4.78 is 10.4. The van der Waals surface area contributed by atoms with E-state index in [0.29, 0.717) is 16.0 Å². The summed E-state index contributed by atoms with van der Waals surface area (Å²) in [6.07, 6.45) is 0. The van der Waals surface area contributed by atoms with Crippen molar-refractivity contribution in [1.82, 2.24) is 0 Å². The van der Waals surface area contributed by atoms with Gasteiger partial charge in [0.15, 0.2) is 11.5 Å². The lowest BCUT2D eigenvalue weighted by Gasteiger charge is -1.97. The molecule has 1 aliphatic rings. The first-order valence-corrected chi connectivity index (χ1v) is 4.21. The fourth-order valence-electron chi connectivity index (χ4n) is 1.05. The van der Waals surface area contributed by atoms with Gasteiger partial charge in [0.05, 0.1) is 15.5 Å². The Bertz CT molecular complexity index is 379. The van der Waals surface area contributed by atoms with Crippen LogP contribution in [-0.4, -0.2) is 11.7 Å². The van der Waals surface area contributed by atoms with E-state index in [1.54, 1.807) is 0 Å². The van der Waals surface area contributed by atoms with Crippen LogP contribution < -0.4 is 9.47 Å². The topological polar surface area (TPSA) is 61.6 Å². The molecule has 6 heteroatoms. The van der Waals surface area contributed by atoms with Crippen LogP contribution in [0.1, 0.15) is 0 Å². The molecule has 13 heavy (non-hydrogen) atoms. The molecule has 1 aliphatic heterocycles. The molecular weight excluding hydrogens is 242 g/mol. The van der Waals surface area contributed by atoms with Crippen LogP contribution in [0, 0.1) is 10.1 Å². The molecule has 0 bridgehead atoms. The van der Waals surface area contributed by atoms with Crippen LogP contribution in [-0.2, 0) is 0 Å². The maximum atomic E-state index is 10.5. The molecular formula is C7H4BrNO4. The third-order valence-corrected chi connectivity index (χ3v) is 2.27. The van der Waals surface area contributed by atoms with Gasteiger partial charge < -0.3 is 9.47 Å². The molecule has 2 rings (SSSR count). The van der Waals surface area contributed by atoms with Gasteiger partial charge in [0, 0.05) is 6.07 Å². The van der Waals surface area contributed by atoms with Crippen LogP contribution >= 0.6 is 15.9 Å². The molecule has 1 aromatic rings. The smallest absolute Gasteiger partial charge is 0.287 e. The lowest BCUT2D eigenvalue weighted by atomic mass is 10.3. The number of hydrogen-bond acceptors (Lipinski definition) is 4. The first-order chi connectivity index (χ1) is 6.18. The summed E-state index contributed by atoms with van der Waals surface area (Å²) in [5.41, 5.74) is -0.0238. The van der Waals surface area contributed by atoms with Crippen molar-refractivity contribution in [2.45, 2.75) is 0 Å². The van der Waals surface area contributed by atoms with Crippen molar-refractivity contribution in [2.24, 2.45) is 0 Å². The highest BCUT2D eigenvalue weighted by Gasteiger charge is 2.21. The van der Waals surface area contributed by atoms with Crippen molar-refractivity contribution in [3.8, 4) is 11.5 Å². The number of halogens is 1. The standard InChI is InChI=1S/C7H4BrNO4/c8-4-1-6-7(13-3-12-6)2-5(4)9(10)11/h1-2H,3H2. The van der Waals surface area contributed by atoms with Gasteiger partial charge in [-0.2, -0.15) is 0 Å². The Morgan fingerprint density at radius 3 is 2.62 bits per heavy atom.